The van der Waals surface area contributed by atoms with Gasteiger partial charge in [0, 0.05) is 30.6 Å². The number of amides is 2. The minimum Gasteiger partial charge on any atom is -0.497 e. The Bertz CT molecular complexity index is 1090. The Hall–Kier alpha value is -3.38. The first-order valence-electron chi connectivity index (χ1n) is 10.5. The molecule has 0 aliphatic heterocycles. The molecule has 0 aromatic heterocycles. The quantitative estimate of drug-likeness (QED) is 0.506. The lowest BCUT2D eigenvalue weighted by Gasteiger charge is -2.31. The van der Waals surface area contributed by atoms with E-state index in [-0.39, 0.29) is 29.5 Å². The average Bonchev–Trinajstić information content (AvgIpc) is 2.83. The Morgan fingerprint density at radius 2 is 1.73 bits per heavy atom. The summed E-state index contributed by atoms with van der Waals surface area (Å²) in [5.74, 6) is -0.641. The van der Waals surface area contributed by atoms with Crippen LogP contribution in [0.4, 0.5) is 4.39 Å². The van der Waals surface area contributed by atoms with Gasteiger partial charge in [-0.05, 0) is 35.4 Å². The van der Waals surface area contributed by atoms with Crippen molar-refractivity contribution in [1.29, 1.82) is 0 Å². The number of methoxy groups -OCH3 is 1. The maximum atomic E-state index is 14.4. The number of hydrogen-bond donors (Lipinski definition) is 1. The number of ether oxygens (including phenoxy) is 1. The van der Waals surface area contributed by atoms with E-state index in [0.29, 0.717) is 12.2 Å². The van der Waals surface area contributed by atoms with Crippen LogP contribution in [-0.4, -0.2) is 36.9 Å². The van der Waals surface area contributed by atoms with Crippen LogP contribution in [0.15, 0.2) is 72.8 Å². The van der Waals surface area contributed by atoms with Crippen LogP contribution in [0, 0.1) is 5.82 Å². The molecule has 0 radical (unpaired) electrons. The van der Waals surface area contributed by atoms with Gasteiger partial charge in [-0.15, -0.1) is 0 Å². The summed E-state index contributed by atoms with van der Waals surface area (Å²) in [4.78, 5) is 27.9. The Morgan fingerprint density at radius 3 is 2.39 bits per heavy atom. The van der Waals surface area contributed by atoms with Crippen LogP contribution in [0.5, 0.6) is 5.75 Å². The highest BCUT2D eigenvalue weighted by atomic mass is 35.5. The third-order valence-electron chi connectivity index (χ3n) is 5.39. The van der Waals surface area contributed by atoms with Gasteiger partial charge >= 0.3 is 0 Å². The molecule has 3 aromatic rings. The van der Waals surface area contributed by atoms with E-state index in [1.807, 2.05) is 42.5 Å². The second kappa shape index (κ2) is 11.5. The molecule has 0 saturated carbocycles. The highest BCUT2D eigenvalue weighted by Crippen LogP contribution is 2.23. The van der Waals surface area contributed by atoms with E-state index < -0.39 is 17.8 Å². The van der Waals surface area contributed by atoms with E-state index in [2.05, 4.69) is 5.32 Å². The van der Waals surface area contributed by atoms with Gasteiger partial charge in [-0.25, -0.2) is 4.39 Å². The highest BCUT2D eigenvalue weighted by Gasteiger charge is 2.30. The van der Waals surface area contributed by atoms with Crippen molar-refractivity contribution in [1.82, 2.24) is 10.2 Å². The fourth-order valence-corrected chi connectivity index (χ4v) is 3.87. The summed E-state index contributed by atoms with van der Waals surface area (Å²) in [6.45, 7) is 0.146. The monoisotopic (exact) mass is 468 g/mol. The molecule has 0 fully saturated rings. The average molecular weight is 469 g/mol. The first-order chi connectivity index (χ1) is 15.9. The Labute approximate surface area is 198 Å². The smallest absolute Gasteiger partial charge is 0.242 e. The van der Waals surface area contributed by atoms with Crippen molar-refractivity contribution in [2.45, 2.75) is 25.4 Å². The van der Waals surface area contributed by atoms with Gasteiger partial charge in [0.1, 0.15) is 17.6 Å². The molecule has 2 amide bonds. The summed E-state index contributed by atoms with van der Waals surface area (Å²) in [5.41, 5.74) is 1.79. The zero-order valence-electron chi connectivity index (χ0n) is 18.6. The first kappa shape index (κ1) is 24.3. The number of nitrogens with zero attached hydrogens (tertiary/aromatic N) is 1. The third kappa shape index (κ3) is 6.33. The van der Waals surface area contributed by atoms with Gasteiger partial charge in [-0.3, -0.25) is 9.59 Å². The maximum Gasteiger partial charge on any atom is 0.242 e. The number of carbonyl (C=O) groups is 2. The van der Waals surface area contributed by atoms with Crippen LogP contribution in [0.3, 0.4) is 0 Å². The Kier molecular flexibility index (Phi) is 8.44. The molecule has 1 atom stereocenters. The molecule has 0 saturated heterocycles. The molecule has 0 bridgehead atoms. The standard InChI is InChI=1S/C26H26ClFN2O3/c1-29-26(32)24(15-18-8-4-3-5-9-18)30(17-19-10-6-11-20(14-19)33-2)25(31)16-21-22(27)12-7-13-23(21)28/h3-14,24H,15-17H2,1-2H3,(H,29,32)/t24-/m0/s1. The Balaban J connectivity index is 1.99. The summed E-state index contributed by atoms with van der Waals surface area (Å²) < 4.78 is 19.7. The van der Waals surface area contributed by atoms with Gasteiger partial charge in [0.05, 0.1) is 13.5 Å². The molecule has 5 nitrogen and oxygen atoms in total. The van der Waals surface area contributed by atoms with Gasteiger partial charge in [-0.2, -0.15) is 0 Å². The second-order valence-corrected chi connectivity index (χ2v) is 7.98. The van der Waals surface area contributed by atoms with Gasteiger partial charge in [0.25, 0.3) is 0 Å². The van der Waals surface area contributed by atoms with E-state index in [9.17, 15) is 14.0 Å². The van der Waals surface area contributed by atoms with Gasteiger partial charge in [0.15, 0.2) is 0 Å². The molecule has 1 N–H and O–H groups in total. The van der Waals surface area contributed by atoms with Crippen molar-refractivity contribution in [3.8, 4) is 5.75 Å². The predicted octanol–water partition coefficient (Wildman–Crippen LogP) is 4.42. The zero-order chi connectivity index (χ0) is 23.8. The minimum absolute atomic E-state index is 0.107. The van der Waals surface area contributed by atoms with Gasteiger partial charge < -0.3 is 15.0 Å². The molecule has 0 aliphatic carbocycles. The fraction of sp³-hybridized carbons (Fsp3) is 0.231. The van der Waals surface area contributed by atoms with Crippen LogP contribution in [0.2, 0.25) is 5.02 Å². The van der Waals surface area contributed by atoms with Crippen LogP contribution >= 0.6 is 11.6 Å². The maximum absolute atomic E-state index is 14.4. The number of likely N-dealkylation sites (N-methyl/N-ethyl adjacent to an activating group) is 1. The summed E-state index contributed by atoms with van der Waals surface area (Å²) in [6.07, 6.45) is 0.0407. The summed E-state index contributed by atoms with van der Waals surface area (Å²) in [7, 11) is 3.09. The lowest BCUT2D eigenvalue weighted by atomic mass is 10.0. The Morgan fingerprint density at radius 1 is 1.03 bits per heavy atom. The highest BCUT2D eigenvalue weighted by molar-refractivity contribution is 6.31. The van der Waals surface area contributed by atoms with E-state index in [1.165, 1.54) is 24.1 Å². The van der Waals surface area contributed by atoms with E-state index in [0.717, 1.165) is 11.1 Å². The first-order valence-corrected chi connectivity index (χ1v) is 10.9. The molecule has 0 unspecified atom stereocenters. The van der Waals surface area contributed by atoms with Gasteiger partial charge in [-0.1, -0.05) is 60.1 Å². The number of nitrogens with one attached hydrogen (secondary N) is 1. The minimum atomic E-state index is -0.804. The molecule has 0 spiro atoms. The molecule has 7 heteroatoms. The third-order valence-corrected chi connectivity index (χ3v) is 5.75. The lowest BCUT2D eigenvalue weighted by Crippen LogP contribution is -2.50. The van der Waals surface area contributed by atoms with Crippen LogP contribution in [-0.2, 0) is 29.0 Å². The predicted molar refractivity (Wildman–Crippen MR) is 127 cm³/mol. The number of halogens is 2. The normalized spacial score (nSPS) is 11.5. The molecule has 172 valence electrons. The largest absolute Gasteiger partial charge is 0.497 e. The van der Waals surface area contributed by atoms with Crippen LogP contribution in [0.1, 0.15) is 16.7 Å². The molecular weight excluding hydrogens is 443 g/mol. The molecule has 3 rings (SSSR count). The van der Waals surface area contributed by atoms with Crippen molar-refractivity contribution >= 4 is 23.4 Å². The summed E-state index contributed by atoms with van der Waals surface area (Å²) >= 11 is 6.17. The van der Waals surface area contributed by atoms with Crippen molar-refractivity contribution in [3.05, 3.63) is 100 Å². The lowest BCUT2D eigenvalue weighted by molar-refractivity contribution is -0.140. The topological polar surface area (TPSA) is 58.6 Å². The van der Waals surface area contributed by atoms with Crippen LogP contribution in [0.25, 0.3) is 0 Å². The van der Waals surface area contributed by atoms with E-state index >= 15 is 0 Å². The van der Waals surface area contributed by atoms with E-state index in [4.69, 9.17) is 16.3 Å². The number of carbonyl (C=O) groups excluding carboxylic acids is 2. The molecule has 3 aromatic carbocycles. The molecule has 33 heavy (non-hydrogen) atoms. The van der Waals surface area contributed by atoms with Crippen molar-refractivity contribution in [3.63, 3.8) is 0 Å². The SMILES string of the molecule is CNC(=O)[C@H](Cc1ccccc1)N(Cc1cccc(OC)c1)C(=O)Cc1c(F)cccc1Cl. The zero-order valence-corrected chi connectivity index (χ0v) is 19.3. The molecule has 0 heterocycles. The molecule has 0 aliphatic rings. The van der Waals surface area contributed by atoms with Gasteiger partial charge in [0.2, 0.25) is 11.8 Å². The summed E-state index contributed by atoms with van der Waals surface area (Å²) in [6, 6.07) is 20.2. The van der Waals surface area contributed by atoms with Crippen LogP contribution < -0.4 is 10.1 Å². The van der Waals surface area contributed by atoms with E-state index in [1.54, 1.807) is 25.3 Å². The number of benzene rings is 3. The number of hydrogen-bond acceptors (Lipinski definition) is 3. The fourth-order valence-electron chi connectivity index (χ4n) is 3.64. The van der Waals surface area contributed by atoms with Crippen molar-refractivity contribution < 1.29 is 18.7 Å². The number of rotatable bonds is 9. The summed E-state index contributed by atoms with van der Waals surface area (Å²) in [5, 5.41) is 2.83. The second-order valence-electron chi connectivity index (χ2n) is 7.57. The van der Waals surface area contributed by atoms with Crippen molar-refractivity contribution in [2.24, 2.45) is 0 Å². The molecular formula is C26H26ClFN2O3. The van der Waals surface area contributed by atoms with Crippen molar-refractivity contribution in [2.75, 3.05) is 14.2 Å².